The quantitative estimate of drug-likeness (QED) is 0.605. The van der Waals surface area contributed by atoms with Crippen LogP contribution in [0.2, 0.25) is 0 Å². The average molecular weight is 403 g/mol. The number of amides is 3. The van der Waals surface area contributed by atoms with Crippen molar-refractivity contribution in [2.75, 3.05) is 25.1 Å². The highest BCUT2D eigenvalue weighted by atomic mass is 16.6. The Hall–Kier alpha value is -2.87. The molecule has 2 rings (SSSR count). The number of hydrogen-bond donors (Lipinski definition) is 3. The molecule has 158 valence electrons. The minimum atomic E-state index is -0.697. The van der Waals surface area contributed by atoms with E-state index < -0.39 is 17.2 Å². The van der Waals surface area contributed by atoms with Gasteiger partial charge in [0.05, 0.1) is 18.6 Å². The first-order chi connectivity index (χ1) is 13.6. The van der Waals surface area contributed by atoms with Crippen molar-refractivity contribution in [3.05, 3.63) is 42.5 Å². The van der Waals surface area contributed by atoms with Crippen molar-refractivity contribution in [1.82, 2.24) is 10.6 Å². The molecule has 1 aromatic carbocycles. The van der Waals surface area contributed by atoms with Crippen LogP contribution < -0.4 is 16.0 Å². The Labute approximate surface area is 171 Å². The number of benzene rings is 1. The summed E-state index contributed by atoms with van der Waals surface area (Å²) in [5.74, 6) is -0.516. The number of alkyl carbamates (subject to hydrolysis) is 1. The molecule has 0 saturated carbocycles. The molecule has 1 aromatic rings. The smallest absolute Gasteiger partial charge is 0.408 e. The van der Waals surface area contributed by atoms with Gasteiger partial charge in [0, 0.05) is 18.8 Å². The highest BCUT2D eigenvalue weighted by Gasteiger charge is 2.38. The highest BCUT2D eigenvalue weighted by Crippen LogP contribution is 2.19. The summed E-state index contributed by atoms with van der Waals surface area (Å²) in [7, 11) is 0. The third kappa shape index (κ3) is 7.57. The zero-order valence-corrected chi connectivity index (χ0v) is 17.2. The van der Waals surface area contributed by atoms with E-state index in [2.05, 4.69) is 22.5 Å². The summed E-state index contributed by atoms with van der Waals surface area (Å²) in [5.41, 5.74) is 0.0336. The van der Waals surface area contributed by atoms with Gasteiger partial charge in [-0.3, -0.25) is 9.59 Å². The Kier molecular flexibility index (Phi) is 7.39. The largest absolute Gasteiger partial charge is 0.444 e. The minimum Gasteiger partial charge on any atom is -0.444 e. The summed E-state index contributed by atoms with van der Waals surface area (Å²) in [6, 6.07) is 7.03. The molecule has 0 radical (unpaired) electrons. The van der Waals surface area contributed by atoms with Crippen molar-refractivity contribution in [1.29, 1.82) is 0 Å². The fraction of sp³-hybridized carbons (Fsp3) is 0.476. The van der Waals surface area contributed by atoms with Gasteiger partial charge in [0.2, 0.25) is 11.8 Å². The molecule has 0 aromatic heterocycles. The number of hydrogen-bond acceptors (Lipinski definition) is 5. The van der Waals surface area contributed by atoms with Crippen molar-refractivity contribution < 1.29 is 23.9 Å². The van der Waals surface area contributed by atoms with Crippen LogP contribution in [0.4, 0.5) is 10.5 Å². The van der Waals surface area contributed by atoms with Crippen LogP contribution in [-0.4, -0.2) is 48.8 Å². The van der Waals surface area contributed by atoms with E-state index in [-0.39, 0.29) is 24.8 Å². The van der Waals surface area contributed by atoms with Crippen molar-refractivity contribution >= 4 is 23.6 Å². The molecule has 3 amide bonds. The summed E-state index contributed by atoms with van der Waals surface area (Å²) in [6.07, 6.45) is 1.36. The number of anilines is 1. The lowest BCUT2D eigenvalue weighted by molar-refractivity contribution is -0.120. The predicted molar refractivity (Wildman–Crippen MR) is 110 cm³/mol. The normalized spacial score (nSPS) is 18.6. The lowest BCUT2D eigenvalue weighted by Crippen LogP contribution is -2.57. The standard InChI is InChI=1S/C21H29N3O5/c1-5-17(25)23-16-8-6-7-15(11-16)12-18(26)22-13-21(9-10-28-14-21)24-19(27)29-20(2,3)4/h5-8,11H,1,9-10,12-14H2,2-4H3,(H,22,26)(H,23,25)(H,24,27). The van der Waals surface area contributed by atoms with Crippen LogP contribution in [0.25, 0.3) is 0 Å². The summed E-state index contributed by atoms with van der Waals surface area (Å²) >= 11 is 0. The van der Waals surface area contributed by atoms with Gasteiger partial charge in [-0.05, 0) is 51.0 Å². The van der Waals surface area contributed by atoms with Gasteiger partial charge in [0.1, 0.15) is 5.60 Å². The Morgan fingerprint density at radius 1 is 1.31 bits per heavy atom. The molecule has 1 unspecified atom stereocenters. The van der Waals surface area contributed by atoms with Crippen molar-refractivity contribution in [2.24, 2.45) is 0 Å². The fourth-order valence-corrected chi connectivity index (χ4v) is 2.88. The first kappa shape index (κ1) is 22.4. The molecular weight excluding hydrogens is 374 g/mol. The fourth-order valence-electron chi connectivity index (χ4n) is 2.88. The van der Waals surface area contributed by atoms with Crippen LogP contribution in [-0.2, 0) is 25.5 Å². The van der Waals surface area contributed by atoms with E-state index in [4.69, 9.17) is 9.47 Å². The molecule has 1 fully saturated rings. The van der Waals surface area contributed by atoms with Crippen LogP contribution in [0.5, 0.6) is 0 Å². The van der Waals surface area contributed by atoms with Gasteiger partial charge >= 0.3 is 6.09 Å². The molecule has 8 nitrogen and oxygen atoms in total. The van der Waals surface area contributed by atoms with Crippen LogP contribution in [0.3, 0.4) is 0 Å². The third-order valence-electron chi connectivity index (χ3n) is 4.24. The zero-order chi connectivity index (χ0) is 21.5. The second-order valence-electron chi connectivity index (χ2n) is 8.06. The number of ether oxygens (including phenoxy) is 2. The van der Waals surface area contributed by atoms with Crippen LogP contribution in [0, 0.1) is 0 Å². The van der Waals surface area contributed by atoms with Gasteiger partial charge in [-0.25, -0.2) is 4.79 Å². The second kappa shape index (κ2) is 9.56. The van der Waals surface area contributed by atoms with E-state index >= 15 is 0 Å². The molecule has 0 spiro atoms. The summed E-state index contributed by atoms with van der Waals surface area (Å²) < 4.78 is 10.8. The average Bonchev–Trinajstić information content (AvgIpc) is 3.07. The van der Waals surface area contributed by atoms with Gasteiger partial charge in [-0.1, -0.05) is 18.7 Å². The molecule has 29 heavy (non-hydrogen) atoms. The SMILES string of the molecule is C=CC(=O)Nc1cccc(CC(=O)NCC2(NC(=O)OC(C)(C)C)CCOC2)c1. The van der Waals surface area contributed by atoms with E-state index in [1.165, 1.54) is 6.08 Å². The maximum atomic E-state index is 12.4. The summed E-state index contributed by atoms with van der Waals surface area (Å²) in [4.78, 5) is 36.0. The molecule has 1 heterocycles. The number of carbonyl (C=O) groups is 3. The van der Waals surface area contributed by atoms with E-state index in [0.717, 1.165) is 5.56 Å². The molecule has 0 bridgehead atoms. The molecule has 1 aliphatic heterocycles. The Bertz CT molecular complexity index is 764. The van der Waals surface area contributed by atoms with E-state index in [1.807, 2.05) is 0 Å². The Morgan fingerprint density at radius 2 is 2.07 bits per heavy atom. The summed E-state index contributed by atoms with van der Waals surface area (Å²) in [5, 5.41) is 8.37. The molecule has 1 atom stereocenters. The zero-order valence-electron chi connectivity index (χ0n) is 17.2. The van der Waals surface area contributed by atoms with Gasteiger partial charge in [0.25, 0.3) is 0 Å². The first-order valence-electron chi connectivity index (χ1n) is 9.49. The number of carbonyl (C=O) groups excluding carboxylic acids is 3. The number of nitrogens with one attached hydrogen (secondary N) is 3. The molecule has 0 aliphatic carbocycles. The van der Waals surface area contributed by atoms with E-state index in [0.29, 0.717) is 25.3 Å². The minimum absolute atomic E-state index is 0.140. The second-order valence-corrected chi connectivity index (χ2v) is 8.06. The maximum absolute atomic E-state index is 12.4. The first-order valence-corrected chi connectivity index (χ1v) is 9.49. The monoisotopic (exact) mass is 403 g/mol. The highest BCUT2D eigenvalue weighted by molar-refractivity contribution is 5.98. The lowest BCUT2D eigenvalue weighted by atomic mass is 9.98. The topological polar surface area (TPSA) is 106 Å². The molecule has 8 heteroatoms. The van der Waals surface area contributed by atoms with E-state index in [9.17, 15) is 14.4 Å². The molecular formula is C21H29N3O5. The molecule has 1 saturated heterocycles. The lowest BCUT2D eigenvalue weighted by Gasteiger charge is -2.30. The van der Waals surface area contributed by atoms with Gasteiger partial charge < -0.3 is 25.4 Å². The van der Waals surface area contributed by atoms with Crippen LogP contribution in [0.1, 0.15) is 32.8 Å². The summed E-state index contributed by atoms with van der Waals surface area (Å²) in [6.45, 7) is 9.81. The Morgan fingerprint density at radius 3 is 2.69 bits per heavy atom. The van der Waals surface area contributed by atoms with E-state index in [1.54, 1.807) is 45.0 Å². The van der Waals surface area contributed by atoms with Crippen molar-refractivity contribution in [2.45, 2.75) is 44.8 Å². The number of rotatable bonds is 7. The third-order valence-corrected chi connectivity index (χ3v) is 4.24. The van der Waals surface area contributed by atoms with Gasteiger partial charge in [-0.15, -0.1) is 0 Å². The predicted octanol–water partition coefficient (Wildman–Crippen LogP) is 2.15. The Balaban J connectivity index is 1.92. The maximum Gasteiger partial charge on any atom is 0.408 e. The van der Waals surface area contributed by atoms with Crippen LogP contribution >= 0.6 is 0 Å². The van der Waals surface area contributed by atoms with Gasteiger partial charge in [-0.2, -0.15) is 0 Å². The molecule has 3 N–H and O–H groups in total. The van der Waals surface area contributed by atoms with Crippen molar-refractivity contribution in [3.8, 4) is 0 Å². The van der Waals surface area contributed by atoms with Crippen molar-refractivity contribution in [3.63, 3.8) is 0 Å². The molecule has 1 aliphatic rings. The van der Waals surface area contributed by atoms with Gasteiger partial charge in [0.15, 0.2) is 0 Å². The van der Waals surface area contributed by atoms with Crippen LogP contribution in [0.15, 0.2) is 36.9 Å².